The van der Waals surface area contributed by atoms with Crippen molar-refractivity contribution in [3.63, 3.8) is 0 Å². The van der Waals surface area contributed by atoms with Crippen molar-refractivity contribution in [2.45, 2.75) is 45.4 Å². The molecule has 0 amide bonds. The molecule has 1 fully saturated rings. The highest BCUT2D eigenvalue weighted by Crippen LogP contribution is 2.27. The van der Waals surface area contributed by atoms with Crippen molar-refractivity contribution in [2.24, 2.45) is 5.92 Å². The fraction of sp³-hybridized carbons (Fsp3) is 0.600. The highest BCUT2D eigenvalue weighted by Gasteiger charge is 2.31. The van der Waals surface area contributed by atoms with Crippen LogP contribution >= 0.6 is 0 Å². The van der Waals surface area contributed by atoms with Crippen molar-refractivity contribution in [2.75, 3.05) is 6.54 Å². The Kier molecular flexibility index (Phi) is 4.19. The molecule has 1 aliphatic rings. The molecule has 3 atom stereocenters. The topological polar surface area (TPSA) is 23.5 Å². The van der Waals surface area contributed by atoms with E-state index in [-0.39, 0.29) is 6.10 Å². The molecule has 1 aromatic carbocycles. The molecule has 1 N–H and O–H groups in total. The number of benzene rings is 1. The number of nitrogens with zero attached hydrogens (tertiary/aromatic N) is 1. The van der Waals surface area contributed by atoms with Crippen LogP contribution in [0.3, 0.4) is 0 Å². The molecule has 0 spiro atoms. The third-order valence-corrected chi connectivity index (χ3v) is 4.03. The summed E-state index contributed by atoms with van der Waals surface area (Å²) in [5.41, 5.74) is 1.34. The van der Waals surface area contributed by atoms with E-state index in [1.807, 2.05) is 6.07 Å². The van der Waals surface area contributed by atoms with Gasteiger partial charge in [-0.15, -0.1) is 0 Å². The number of likely N-dealkylation sites (tertiary alicyclic amines) is 1. The average molecular weight is 233 g/mol. The standard InChI is InChI=1S/C15H23NO/c1-3-14-9-15(17)11-16(12(14)2)10-13-7-5-4-6-8-13/h4-8,12,14-15,17H,3,9-11H2,1-2H3. The zero-order valence-electron chi connectivity index (χ0n) is 10.8. The van der Waals surface area contributed by atoms with E-state index in [1.165, 1.54) is 5.56 Å². The van der Waals surface area contributed by atoms with E-state index in [1.54, 1.807) is 0 Å². The van der Waals surface area contributed by atoms with Gasteiger partial charge in [-0.1, -0.05) is 43.7 Å². The number of hydrogen-bond acceptors (Lipinski definition) is 2. The minimum atomic E-state index is -0.153. The monoisotopic (exact) mass is 233 g/mol. The second-order valence-electron chi connectivity index (χ2n) is 5.21. The van der Waals surface area contributed by atoms with Gasteiger partial charge in [-0.05, 0) is 24.8 Å². The van der Waals surface area contributed by atoms with Crippen LogP contribution in [-0.4, -0.2) is 28.7 Å². The third kappa shape index (κ3) is 3.08. The van der Waals surface area contributed by atoms with Gasteiger partial charge in [0.25, 0.3) is 0 Å². The largest absolute Gasteiger partial charge is 0.392 e. The molecule has 1 aliphatic heterocycles. The van der Waals surface area contributed by atoms with Crippen LogP contribution in [0.4, 0.5) is 0 Å². The molecular formula is C15H23NO. The van der Waals surface area contributed by atoms with Crippen LogP contribution in [0, 0.1) is 5.92 Å². The molecule has 1 heterocycles. The molecule has 2 rings (SSSR count). The number of rotatable bonds is 3. The molecule has 3 unspecified atom stereocenters. The van der Waals surface area contributed by atoms with Crippen LogP contribution in [0.25, 0.3) is 0 Å². The second-order valence-corrected chi connectivity index (χ2v) is 5.21. The molecule has 0 aromatic heterocycles. The summed E-state index contributed by atoms with van der Waals surface area (Å²) in [5.74, 6) is 0.627. The van der Waals surface area contributed by atoms with Gasteiger partial charge >= 0.3 is 0 Å². The van der Waals surface area contributed by atoms with E-state index in [0.29, 0.717) is 12.0 Å². The highest BCUT2D eigenvalue weighted by molar-refractivity contribution is 5.14. The molecule has 2 nitrogen and oxygen atoms in total. The van der Waals surface area contributed by atoms with Crippen LogP contribution in [0.2, 0.25) is 0 Å². The summed E-state index contributed by atoms with van der Waals surface area (Å²) >= 11 is 0. The number of aliphatic hydroxyl groups excluding tert-OH is 1. The molecule has 0 saturated carbocycles. The first-order valence-electron chi connectivity index (χ1n) is 6.66. The van der Waals surface area contributed by atoms with Crippen molar-refractivity contribution < 1.29 is 5.11 Å². The quantitative estimate of drug-likeness (QED) is 0.867. The van der Waals surface area contributed by atoms with Crippen molar-refractivity contribution in [1.29, 1.82) is 0 Å². The fourth-order valence-corrected chi connectivity index (χ4v) is 2.89. The van der Waals surface area contributed by atoms with Gasteiger partial charge in [0, 0.05) is 19.1 Å². The lowest BCUT2D eigenvalue weighted by Crippen LogP contribution is -2.48. The Balaban J connectivity index is 2.04. The number of aliphatic hydroxyl groups is 1. The molecule has 1 saturated heterocycles. The Morgan fingerprint density at radius 1 is 1.29 bits per heavy atom. The van der Waals surface area contributed by atoms with E-state index in [0.717, 1.165) is 25.9 Å². The van der Waals surface area contributed by atoms with Crippen LogP contribution in [-0.2, 0) is 6.54 Å². The lowest BCUT2D eigenvalue weighted by atomic mass is 9.86. The van der Waals surface area contributed by atoms with Gasteiger partial charge in [0.2, 0.25) is 0 Å². The molecule has 2 heteroatoms. The minimum absolute atomic E-state index is 0.153. The van der Waals surface area contributed by atoms with E-state index < -0.39 is 0 Å². The minimum Gasteiger partial charge on any atom is -0.392 e. The summed E-state index contributed by atoms with van der Waals surface area (Å²) in [5, 5.41) is 9.94. The summed E-state index contributed by atoms with van der Waals surface area (Å²) in [6.07, 6.45) is 1.96. The number of hydrogen-bond donors (Lipinski definition) is 1. The lowest BCUT2D eigenvalue weighted by molar-refractivity contribution is -0.000998. The van der Waals surface area contributed by atoms with Crippen molar-refractivity contribution >= 4 is 0 Å². The van der Waals surface area contributed by atoms with Gasteiger partial charge in [0.05, 0.1) is 6.10 Å². The molecule has 0 bridgehead atoms. The van der Waals surface area contributed by atoms with Gasteiger partial charge in [-0.25, -0.2) is 0 Å². The summed E-state index contributed by atoms with van der Waals surface area (Å²) in [7, 11) is 0. The first-order valence-corrected chi connectivity index (χ1v) is 6.66. The molecule has 0 radical (unpaired) electrons. The Morgan fingerprint density at radius 2 is 2.00 bits per heavy atom. The van der Waals surface area contributed by atoms with Gasteiger partial charge in [-0.3, -0.25) is 4.90 Å². The van der Waals surface area contributed by atoms with Crippen molar-refractivity contribution in [3.05, 3.63) is 35.9 Å². The predicted molar refractivity (Wildman–Crippen MR) is 70.7 cm³/mol. The normalized spacial score (nSPS) is 30.4. The predicted octanol–water partition coefficient (Wildman–Crippen LogP) is 2.67. The first-order chi connectivity index (χ1) is 8.20. The Labute approximate surface area is 104 Å². The van der Waals surface area contributed by atoms with Crippen molar-refractivity contribution in [3.8, 4) is 0 Å². The summed E-state index contributed by atoms with van der Waals surface area (Å²) < 4.78 is 0. The average Bonchev–Trinajstić information content (AvgIpc) is 2.34. The maximum absolute atomic E-state index is 9.94. The number of piperidine rings is 1. The zero-order valence-corrected chi connectivity index (χ0v) is 10.8. The molecule has 17 heavy (non-hydrogen) atoms. The van der Waals surface area contributed by atoms with Gasteiger partial charge in [0.1, 0.15) is 0 Å². The fourth-order valence-electron chi connectivity index (χ4n) is 2.89. The summed E-state index contributed by atoms with van der Waals surface area (Å²) in [6, 6.07) is 11.1. The third-order valence-electron chi connectivity index (χ3n) is 4.03. The zero-order chi connectivity index (χ0) is 12.3. The van der Waals surface area contributed by atoms with Gasteiger partial charge < -0.3 is 5.11 Å². The van der Waals surface area contributed by atoms with Gasteiger partial charge in [-0.2, -0.15) is 0 Å². The second kappa shape index (κ2) is 5.65. The summed E-state index contributed by atoms with van der Waals surface area (Å²) in [4.78, 5) is 2.41. The molecular weight excluding hydrogens is 210 g/mol. The molecule has 0 aliphatic carbocycles. The Bertz CT molecular complexity index is 338. The number of β-amino-alcohol motifs (C(OH)–C–C–N with tert-alkyl or cyclic N) is 1. The van der Waals surface area contributed by atoms with E-state index in [4.69, 9.17) is 0 Å². The smallest absolute Gasteiger partial charge is 0.0670 e. The van der Waals surface area contributed by atoms with Crippen LogP contribution < -0.4 is 0 Å². The molecule has 1 aromatic rings. The highest BCUT2D eigenvalue weighted by atomic mass is 16.3. The van der Waals surface area contributed by atoms with E-state index >= 15 is 0 Å². The SMILES string of the molecule is CCC1CC(O)CN(Cc2ccccc2)C1C. The van der Waals surface area contributed by atoms with Gasteiger partial charge in [0.15, 0.2) is 0 Å². The van der Waals surface area contributed by atoms with Crippen LogP contribution in [0.5, 0.6) is 0 Å². The molecule has 94 valence electrons. The maximum atomic E-state index is 9.94. The first kappa shape index (κ1) is 12.6. The van der Waals surface area contributed by atoms with Crippen molar-refractivity contribution in [1.82, 2.24) is 4.90 Å². The lowest BCUT2D eigenvalue weighted by Gasteiger charge is -2.41. The van der Waals surface area contributed by atoms with E-state index in [9.17, 15) is 5.11 Å². The Morgan fingerprint density at radius 3 is 2.65 bits per heavy atom. The van der Waals surface area contributed by atoms with Crippen LogP contribution in [0.15, 0.2) is 30.3 Å². The summed E-state index contributed by atoms with van der Waals surface area (Å²) in [6.45, 7) is 6.28. The maximum Gasteiger partial charge on any atom is 0.0670 e. The Hall–Kier alpha value is -0.860. The van der Waals surface area contributed by atoms with Crippen LogP contribution in [0.1, 0.15) is 32.3 Å². The van der Waals surface area contributed by atoms with E-state index in [2.05, 4.69) is 43.0 Å².